The molecule has 0 atom stereocenters. The standard InChI is InChI=1S/C20H21N3O2/c1-15-8-3-6-11-19(15)25-13-7-12-23(2)20(24)18-14-21-16-9-4-5-10-17(16)22-18/h3-6,8-11,14H,7,12-13H2,1-2H3. The molecule has 0 N–H and O–H groups in total. The van der Waals surface area contributed by atoms with E-state index < -0.39 is 0 Å². The minimum absolute atomic E-state index is 0.130. The number of aromatic nitrogens is 2. The summed E-state index contributed by atoms with van der Waals surface area (Å²) in [7, 11) is 1.77. The summed E-state index contributed by atoms with van der Waals surface area (Å²) in [5.41, 5.74) is 2.98. The van der Waals surface area contributed by atoms with Gasteiger partial charge in [-0.05, 0) is 37.1 Å². The van der Waals surface area contributed by atoms with Crippen LogP contribution in [0.3, 0.4) is 0 Å². The first-order valence-corrected chi connectivity index (χ1v) is 8.31. The molecule has 128 valence electrons. The Bertz CT molecular complexity index is 879. The van der Waals surface area contributed by atoms with Crippen molar-refractivity contribution in [2.24, 2.45) is 0 Å². The molecule has 3 aromatic rings. The highest BCUT2D eigenvalue weighted by Crippen LogP contribution is 2.16. The van der Waals surface area contributed by atoms with Crippen molar-refractivity contribution < 1.29 is 9.53 Å². The van der Waals surface area contributed by atoms with Gasteiger partial charge in [0, 0.05) is 13.6 Å². The lowest BCUT2D eigenvalue weighted by molar-refractivity contribution is 0.0782. The quantitative estimate of drug-likeness (QED) is 0.647. The van der Waals surface area contributed by atoms with Crippen LogP contribution in [-0.2, 0) is 0 Å². The number of carbonyl (C=O) groups is 1. The first kappa shape index (κ1) is 16.9. The first-order valence-electron chi connectivity index (χ1n) is 8.31. The van der Waals surface area contributed by atoms with E-state index in [4.69, 9.17) is 4.74 Å². The molecule has 1 amide bonds. The summed E-state index contributed by atoms with van der Waals surface area (Å²) in [4.78, 5) is 22.8. The van der Waals surface area contributed by atoms with E-state index in [0.29, 0.717) is 18.8 Å². The SMILES string of the molecule is Cc1ccccc1OCCCN(C)C(=O)c1cnc2ccccc2n1. The summed E-state index contributed by atoms with van der Waals surface area (Å²) >= 11 is 0. The summed E-state index contributed by atoms with van der Waals surface area (Å²) in [6, 6.07) is 15.4. The van der Waals surface area contributed by atoms with Gasteiger partial charge in [0.2, 0.25) is 0 Å². The molecule has 0 radical (unpaired) electrons. The number of para-hydroxylation sites is 3. The summed E-state index contributed by atoms with van der Waals surface area (Å²) < 4.78 is 5.76. The van der Waals surface area contributed by atoms with Crippen molar-refractivity contribution in [3.63, 3.8) is 0 Å². The number of rotatable bonds is 6. The molecule has 0 saturated heterocycles. The smallest absolute Gasteiger partial charge is 0.273 e. The van der Waals surface area contributed by atoms with Gasteiger partial charge >= 0.3 is 0 Å². The normalized spacial score (nSPS) is 10.6. The molecule has 0 fully saturated rings. The van der Waals surface area contributed by atoms with Gasteiger partial charge in [-0.3, -0.25) is 9.78 Å². The maximum Gasteiger partial charge on any atom is 0.273 e. The molecule has 0 aliphatic rings. The van der Waals surface area contributed by atoms with Crippen LogP contribution < -0.4 is 4.74 Å². The van der Waals surface area contributed by atoms with Gasteiger partial charge < -0.3 is 9.64 Å². The summed E-state index contributed by atoms with van der Waals surface area (Å²) in [5, 5.41) is 0. The van der Waals surface area contributed by atoms with Crippen LogP contribution >= 0.6 is 0 Å². The fourth-order valence-corrected chi connectivity index (χ4v) is 2.56. The van der Waals surface area contributed by atoms with Crippen LogP contribution in [0.5, 0.6) is 5.75 Å². The minimum atomic E-state index is -0.130. The Labute approximate surface area is 147 Å². The van der Waals surface area contributed by atoms with Crippen LogP contribution in [0.25, 0.3) is 11.0 Å². The molecule has 5 heteroatoms. The highest BCUT2D eigenvalue weighted by atomic mass is 16.5. The molecule has 0 aliphatic carbocycles. The van der Waals surface area contributed by atoms with E-state index in [0.717, 1.165) is 28.8 Å². The van der Waals surface area contributed by atoms with Crippen molar-refractivity contribution in [1.29, 1.82) is 0 Å². The third-order valence-corrected chi connectivity index (χ3v) is 4.00. The predicted octanol–water partition coefficient (Wildman–Crippen LogP) is 3.48. The van der Waals surface area contributed by atoms with Gasteiger partial charge in [0.25, 0.3) is 5.91 Å². The van der Waals surface area contributed by atoms with Gasteiger partial charge in [0.1, 0.15) is 11.4 Å². The van der Waals surface area contributed by atoms with Gasteiger partial charge in [-0.1, -0.05) is 30.3 Å². The van der Waals surface area contributed by atoms with E-state index in [9.17, 15) is 4.79 Å². The number of ether oxygens (including phenoxy) is 1. The zero-order valence-electron chi connectivity index (χ0n) is 14.5. The second-order valence-electron chi connectivity index (χ2n) is 5.94. The fraction of sp³-hybridized carbons (Fsp3) is 0.250. The third kappa shape index (κ3) is 4.12. The molecule has 0 bridgehead atoms. The van der Waals surface area contributed by atoms with E-state index in [1.54, 1.807) is 11.9 Å². The predicted molar refractivity (Wildman–Crippen MR) is 97.8 cm³/mol. The molecule has 1 heterocycles. The van der Waals surface area contributed by atoms with E-state index in [2.05, 4.69) is 9.97 Å². The van der Waals surface area contributed by atoms with Crippen molar-refractivity contribution in [2.75, 3.05) is 20.2 Å². The number of amides is 1. The molecule has 2 aromatic carbocycles. The van der Waals surface area contributed by atoms with Gasteiger partial charge in [-0.2, -0.15) is 0 Å². The molecule has 0 unspecified atom stereocenters. The zero-order chi connectivity index (χ0) is 17.6. The van der Waals surface area contributed by atoms with Crippen molar-refractivity contribution in [3.8, 4) is 5.75 Å². The number of hydrogen-bond acceptors (Lipinski definition) is 4. The van der Waals surface area contributed by atoms with E-state index in [-0.39, 0.29) is 5.91 Å². The molecule has 0 saturated carbocycles. The lowest BCUT2D eigenvalue weighted by atomic mass is 10.2. The van der Waals surface area contributed by atoms with Crippen LogP contribution in [0.2, 0.25) is 0 Å². The second kappa shape index (κ2) is 7.75. The molecule has 25 heavy (non-hydrogen) atoms. The number of hydrogen-bond donors (Lipinski definition) is 0. The van der Waals surface area contributed by atoms with Crippen molar-refractivity contribution >= 4 is 16.9 Å². The Morgan fingerprint density at radius 3 is 2.60 bits per heavy atom. The molecule has 5 nitrogen and oxygen atoms in total. The largest absolute Gasteiger partial charge is 0.493 e. The Kier molecular flexibility index (Phi) is 5.23. The Hall–Kier alpha value is -2.95. The van der Waals surface area contributed by atoms with Crippen LogP contribution in [0.1, 0.15) is 22.5 Å². The Morgan fingerprint density at radius 2 is 1.80 bits per heavy atom. The lowest BCUT2D eigenvalue weighted by Gasteiger charge is -2.17. The summed E-state index contributed by atoms with van der Waals surface area (Å²) in [6.45, 7) is 3.18. The van der Waals surface area contributed by atoms with Gasteiger partial charge in [-0.15, -0.1) is 0 Å². The maximum absolute atomic E-state index is 12.5. The zero-order valence-corrected chi connectivity index (χ0v) is 14.5. The second-order valence-corrected chi connectivity index (χ2v) is 5.94. The fourth-order valence-electron chi connectivity index (χ4n) is 2.56. The molecule has 3 rings (SSSR count). The molecule has 1 aromatic heterocycles. The van der Waals surface area contributed by atoms with Crippen LogP contribution in [0.15, 0.2) is 54.7 Å². The maximum atomic E-state index is 12.5. The van der Waals surface area contributed by atoms with Crippen molar-refractivity contribution in [2.45, 2.75) is 13.3 Å². The van der Waals surface area contributed by atoms with E-state index >= 15 is 0 Å². The van der Waals surface area contributed by atoms with Gasteiger partial charge in [-0.25, -0.2) is 4.98 Å². The molecular formula is C20H21N3O2. The summed E-state index contributed by atoms with van der Waals surface area (Å²) in [6.07, 6.45) is 2.28. The highest BCUT2D eigenvalue weighted by Gasteiger charge is 2.14. The Balaban J connectivity index is 1.54. The van der Waals surface area contributed by atoms with Crippen molar-refractivity contribution in [3.05, 3.63) is 66.0 Å². The first-order chi connectivity index (χ1) is 12.1. The van der Waals surface area contributed by atoms with Crippen LogP contribution in [0.4, 0.5) is 0 Å². The highest BCUT2D eigenvalue weighted by molar-refractivity contribution is 5.93. The lowest BCUT2D eigenvalue weighted by Crippen LogP contribution is -2.29. The molecule has 0 aliphatic heterocycles. The third-order valence-electron chi connectivity index (χ3n) is 4.00. The van der Waals surface area contributed by atoms with Crippen molar-refractivity contribution in [1.82, 2.24) is 14.9 Å². The molecule has 0 spiro atoms. The minimum Gasteiger partial charge on any atom is -0.493 e. The Morgan fingerprint density at radius 1 is 1.08 bits per heavy atom. The topological polar surface area (TPSA) is 55.3 Å². The van der Waals surface area contributed by atoms with Crippen LogP contribution in [0, 0.1) is 6.92 Å². The van der Waals surface area contributed by atoms with Crippen LogP contribution in [-0.4, -0.2) is 41.0 Å². The summed E-state index contributed by atoms with van der Waals surface area (Å²) in [5.74, 6) is 0.756. The average molecular weight is 335 g/mol. The number of aryl methyl sites for hydroxylation is 1. The molecular weight excluding hydrogens is 314 g/mol. The number of benzene rings is 2. The number of fused-ring (bicyclic) bond motifs is 1. The monoisotopic (exact) mass is 335 g/mol. The van der Waals surface area contributed by atoms with E-state index in [1.807, 2.05) is 55.5 Å². The number of nitrogens with zero attached hydrogens (tertiary/aromatic N) is 3. The van der Waals surface area contributed by atoms with Gasteiger partial charge in [0.15, 0.2) is 0 Å². The number of carbonyl (C=O) groups excluding carboxylic acids is 1. The van der Waals surface area contributed by atoms with E-state index in [1.165, 1.54) is 6.20 Å². The average Bonchev–Trinajstić information content (AvgIpc) is 2.65. The van der Waals surface area contributed by atoms with Gasteiger partial charge in [0.05, 0.1) is 23.8 Å².